The molecule has 66 valence electrons. The maximum Gasteiger partial charge on any atom is 0.0363 e. The Morgan fingerprint density at radius 1 is 1.64 bits per heavy atom. The molecule has 2 heteroatoms. The molecular weight excluding hydrogens is 154 g/mol. The highest BCUT2D eigenvalue weighted by molar-refractivity contribution is 7.99. The number of hydrogen-bond acceptors (Lipinski definition) is 2. The van der Waals surface area contributed by atoms with Crippen molar-refractivity contribution in [2.75, 3.05) is 18.6 Å². The summed E-state index contributed by atoms with van der Waals surface area (Å²) >= 11 is 1.99. The molecule has 0 aromatic heterocycles. The van der Waals surface area contributed by atoms with Crippen molar-refractivity contribution in [2.24, 2.45) is 0 Å². The highest BCUT2D eigenvalue weighted by Crippen LogP contribution is 2.08. The van der Waals surface area contributed by atoms with Crippen LogP contribution in [-0.4, -0.2) is 24.6 Å². The van der Waals surface area contributed by atoms with Crippen LogP contribution in [0.4, 0.5) is 0 Å². The van der Waals surface area contributed by atoms with E-state index < -0.39 is 0 Å². The summed E-state index contributed by atoms with van der Waals surface area (Å²) in [5.41, 5.74) is 1.23. The fourth-order valence-corrected chi connectivity index (χ4v) is 1.96. The third-order valence-corrected chi connectivity index (χ3v) is 2.84. The number of nitrogens with one attached hydrogen (secondary N) is 1. The van der Waals surface area contributed by atoms with Gasteiger partial charge in [0.1, 0.15) is 0 Å². The minimum atomic E-state index is 0.492. The van der Waals surface area contributed by atoms with Crippen LogP contribution in [0.1, 0.15) is 20.3 Å². The molecule has 0 bridgehead atoms. The molecule has 0 amide bonds. The predicted molar refractivity (Wildman–Crippen MR) is 55.3 cm³/mol. The quantitative estimate of drug-likeness (QED) is 0.488. The van der Waals surface area contributed by atoms with Gasteiger partial charge >= 0.3 is 0 Å². The molecule has 0 saturated carbocycles. The zero-order valence-corrected chi connectivity index (χ0v) is 8.63. The van der Waals surface area contributed by atoms with Gasteiger partial charge in [-0.2, -0.15) is 11.8 Å². The zero-order chi connectivity index (χ0) is 8.69. The number of likely N-dealkylation sites (N-methyl/N-ethyl adjacent to an activating group) is 1. The van der Waals surface area contributed by atoms with Crippen molar-refractivity contribution in [3.63, 3.8) is 0 Å². The first-order valence-corrected chi connectivity index (χ1v) is 5.28. The van der Waals surface area contributed by atoms with Crippen molar-refractivity contribution in [1.82, 2.24) is 5.32 Å². The number of thioether (sulfide) groups is 1. The van der Waals surface area contributed by atoms with E-state index in [9.17, 15) is 0 Å². The standard InChI is InChI=1S/C9H19NS/c1-5-6-11-7-9(10-4)8(2)3/h9-10H,2,5-7H2,1,3-4H3. The summed E-state index contributed by atoms with van der Waals surface area (Å²) in [5.74, 6) is 2.41. The Hall–Kier alpha value is 0.0500. The van der Waals surface area contributed by atoms with E-state index in [1.54, 1.807) is 0 Å². The molecule has 0 aliphatic heterocycles. The van der Waals surface area contributed by atoms with E-state index in [0.717, 1.165) is 5.75 Å². The van der Waals surface area contributed by atoms with Crippen LogP contribution < -0.4 is 5.32 Å². The molecule has 0 spiro atoms. The van der Waals surface area contributed by atoms with Crippen molar-refractivity contribution < 1.29 is 0 Å². The SMILES string of the molecule is C=C(C)C(CSCCC)NC. The molecule has 1 nitrogen and oxygen atoms in total. The van der Waals surface area contributed by atoms with Crippen LogP contribution in [0, 0.1) is 0 Å². The highest BCUT2D eigenvalue weighted by atomic mass is 32.2. The molecule has 0 aliphatic rings. The first-order chi connectivity index (χ1) is 5.22. The second-order valence-corrected chi connectivity index (χ2v) is 3.91. The van der Waals surface area contributed by atoms with Crippen molar-refractivity contribution in [1.29, 1.82) is 0 Å². The van der Waals surface area contributed by atoms with Crippen molar-refractivity contribution in [3.05, 3.63) is 12.2 Å². The van der Waals surface area contributed by atoms with E-state index in [0.29, 0.717) is 6.04 Å². The number of hydrogen-bond donors (Lipinski definition) is 1. The largest absolute Gasteiger partial charge is 0.313 e. The van der Waals surface area contributed by atoms with Crippen LogP contribution in [0.3, 0.4) is 0 Å². The Labute approximate surface area is 74.6 Å². The highest BCUT2D eigenvalue weighted by Gasteiger charge is 2.04. The first-order valence-electron chi connectivity index (χ1n) is 4.12. The predicted octanol–water partition coefficient (Wildman–Crippen LogP) is 2.29. The Bertz CT molecular complexity index is 112. The van der Waals surface area contributed by atoms with Gasteiger partial charge in [0.25, 0.3) is 0 Å². The van der Waals surface area contributed by atoms with Crippen molar-refractivity contribution in [2.45, 2.75) is 26.3 Å². The lowest BCUT2D eigenvalue weighted by Gasteiger charge is -2.14. The van der Waals surface area contributed by atoms with E-state index in [2.05, 4.69) is 25.7 Å². The molecule has 11 heavy (non-hydrogen) atoms. The molecular formula is C9H19NS. The van der Waals surface area contributed by atoms with Gasteiger partial charge in [-0.25, -0.2) is 0 Å². The van der Waals surface area contributed by atoms with Crippen LogP contribution in [0.15, 0.2) is 12.2 Å². The van der Waals surface area contributed by atoms with Gasteiger partial charge in [-0.1, -0.05) is 19.1 Å². The summed E-state index contributed by atoms with van der Waals surface area (Å²) in [4.78, 5) is 0. The van der Waals surface area contributed by atoms with Crippen molar-refractivity contribution in [3.8, 4) is 0 Å². The van der Waals surface area contributed by atoms with Gasteiger partial charge < -0.3 is 5.32 Å². The van der Waals surface area contributed by atoms with Gasteiger partial charge in [-0.15, -0.1) is 0 Å². The van der Waals surface area contributed by atoms with E-state index in [1.165, 1.54) is 17.7 Å². The van der Waals surface area contributed by atoms with Gasteiger partial charge in [0, 0.05) is 11.8 Å². The molecule has 1 unspecified atom stereocenters. The summed E-state index contributed by atoms with van der Waals surface area (Å²) in [5, 5.41) is 3.24. The van der Waals surface area contributed by atoms with E-state index >= 15 is 0 Å². The minimum Gasteiger partial charge on any atom is -0.313 e. The summed E-state index contributed by atoms with van der Waals surface area (Å²) in [6, 6.07) is 0.492. The summed E-state index contributed by atoms with van der Waals surface area (Å²) in [6.45, 7) is 8.22. The Morgan fingerprint density at radius 3 is 2.64 bits per heavy atom. The number of rotatable bonds is 6. The third kappa shape index (κ3) is 5.33. The fourth-order valence-electron chi connectivity index (χ4n) is 0.818. The molecule has 0 aliphatic carbocycles. The zero-order valence-electron chi connectivity index (χ0n) is 7.81. The first kappa shape index (κ1) is 11.1. The van der Waals surface area contributed by atoms with E-state index in [-0.39, 0.29) is 0 Å². The molecule has 0 rings (SSSR count). The summed E-state index contributed by atoms with van der Waals surface area (Å²) < 4.78 is 0. The lowest BCUT2D eigenvalue weighted by Crippen LogP contribution is -2.28. The van der Waals surface area contributed by atoms with Crippen LogP contribution >= 0.6 is 11.8 Å². The van der Waals surface area contributed by atoms with Gasteiger partial charge in [0.2, 0.25) is 0 Å². The van der Waals surface area contributed by atoms with Gasteiger partial charge in [-0.3, -0.25) is 0 Å². The average Bonchev–Trinajstić information content (AvgIpc) is 1.97. The molecule has 0 saturated heterocycles. The van der Waals surface area contributed by atoms with Crippen LogP contribution in [0.2, 0.25) is 0 Å². The molecule has 1 atom stereocenters. The van der Waals surface area contributed by atoms with Crippen LogP contribution in [0.25, 0.3) is 0 Å². The monoisotopic (exact) mass is 173 g/mol. The minimum absolute atomic E-state index is 0.492. The normalized spacial score (nSPS) is 13.0. The van der Waals surface area contributed by atoms with Gasteiger partial charge in [0.05, 0.1) is 0 Å². The van der Waals surface area contributed by atoms with Gasteiger partial charge in [-0.05, 0) is 26.1 Å². The molecule has 0 fully saturated rings. The second kappa shape index (κ2) is 6.74. The van der Waals surface area contributed by atoms with E-state index in [1.807, 2.05) is 18.8 Å². The molecule has 0 aromatic carbocycles. The van der Waals surface area contributed by atoms with Crippen LogP contribution in [0.5, 0.6) is 0 Å². The lowest BCUT2D eigenvalue weighted by atomic mass is 10.2. The lowest BCUT2D eigenvalue weighted by molar-refractivity contribution is 0.703. The Kier molecular flexibility index (Phi) is 6.77. The van der Waals surface area contributed by atoms with E-state index in [4.69, 9.17) is 0 Å². The average molecular weight is 173 g/mol. The smallest absolute Gasteiger partial charge is 0.0363 e. The maximum absolute atomic E-state index is 3.93. The van der Waals surface area contributed by atoms with Crippen molar-refractivity contribution >= 4 is 11.8 Å². The molecule has 1 N–H and O–H groups in total. The topological polar surface area (TPSA) is 12.0 Å². The summed E-state index contributed by atoms with van der Waals surface area (Å²) in [6.07, 6.45) is 1.26. The molecule has 0 aromatic rings. The fraction of sp³-hybridized carbons (Fsp3) is 0.778. The molecule has 0 heterocycles. The Morgan fingerprint density at radius 2 is 2.27 bits per heavy atom. The van der Waals surface area contributed by atoms with Gasteiger partial charge in [0.15, 0.2) is 0 Å². The summed E-state index contributed by atoms with van der Waals surface area (Å²) in [7, 11) is 1.99. The third-order valence-electron chi connectivity index (χ3n) is 1.58. The second-order valence-electron chi connectivity index (χ2n) is 2.76. The van der Waals surface area contributed by atoms with Crippen LogP contribution in [-0.2, 0) is 0 Å². The Balaban J connectivity index is 3.44. The molecule has 0 radical (unpaired) electrons. The maximum atomic E-state index is 3.93.